The van der Waals surface area contributed by atoms with Crippen LogP contribution in [0.15, 0.2) is 24.3 Å². The number of hydrogen-bond donors (Lipinski definition) is 0. The summed E-state index contributed by atoms with van der Waals surface area (Å²) in [5.41, 5.74) is 0.593. The summed E-state index contributed by atoms with van der Waals surface area (Å²) >= 11 is 0. The molecule has 1 aromatic carbocycles. The molecule has 0 N–H and O–H groups in total. The Bertz CT molecular complexity index is 875. The van der Waals surface area contributed by atoms with Crippen molar-refractivity contribution >= 4 is 11.8 Å². The fourth-order valence-corrected chi connectivity index (χ4v) is 3.90. The lowest BCUT2D eigenvalue weighted by atomic mass is 10.1. The number of carbonyl (C=O) groups is 2. The van der Waals surface area contributed by atoms with E-state index in [2.05, 4.69) is 10.2 Å². The molecular weight excluding hydrogens is 349 g/mol. The standard InChI is InChI=1S/C19H22FN5O2/c1-13-21-22-18-17(19(27)23-7-2-3-8-23)25(10-9-24(13)18)16(26)12-14-5-4-6-15(20)11-14/h4-6,11,17H,2-3,7-10,12H2,1H3. The van der Waals surface area contributed by atoms with Crippen molar-refractivity contribution < 1.29 is 14.0 Å². The summed E-state index contributed by atoms with van der Waals surface area (Å²) in [6.07, 6.45) is 2.00. The molecule has 1 unspecified atom stereocenters. The van der Waals surface area contributed by atoms with E-state index in [1.54, 1.807) is 21.9 Å². The molecule has 142 valence electrons. The van der Waals surface area contributed by atoms with Gasteiger partial charge >= 0.3 is 0 Å². The molecule has 7 nitrogen and oxygen atoms in total. The second-order valence-corrected chi connectivity index (χ2v) is 7.09. The Balaban J connectivity index is 1.63. The van der Waals surface area contributed by atoms with E-state index in [0.29, 0.717) is 37.6 Å². The lowest BCUT2D eigenvalue weighted by Gasteiger charge is -2.36. The van der Waals surface area contributed by atoms with Gasteiger partial charge in [0.05, 0.1) is 6.42 Å². The average molecular weight is 371 g/mol. The summed E-state index contributed by atoms with van der Waals surface area (Å²) in [5, 5.41) is 8.30. The van der Waals surface area contributed by atoms with Crippen LogP contribution in [-0.4, -0.2) is 56.0 Å². The number of aromatic nitrogens is 3. The molecule has 0 aliphatic carbocycles. The van der Waals surface area contributed by atoms with Gasteiger partial charge in [-0.15, -0.1) is 10.2 Å². The highest BCUT2D eigenvalue weighted by molar-refractivity contribution is 5.89. The lowest BCUT2D eigenvalue weighted by Crippen LogP contribution is -2.50. The van der Waals surface area contributed by atoms with Crippen LogP contribution in [0.3, 0.4) is 0 Å². The molecule has 2 amide bonds. The van der Waals surface area contributed by atoms with Crippen LogP contribution in [0.4, 0.5) is 4.39 Å². The number of halogens is 1. The van der Waals surface area contributed by atoms with Crippen LogP contribution in [0.1, 0.15) is 36.1 Å². The van der Waals surface area contributed by atoms with Gasteiger partial charge in [0.25, 0.3) is 5.91 Å². The average Bonchev–Trinajstić information content (AvgIpc) is 3.31. The monoisotopic (exact) mass is 371 g/mol. The van der Waals surface area contributed by atoms with E-state index in [1.807, 2.05) is 11.5 Å². The highest BCUT2D eigenvalue weighted by atomic mass is 19.1. The van der Waals surface area contributed by atoms with Crippen LogP contribution in [0.2, 0.25) is 0 Å². The minimum Gasteiger partial charge on any atom is -0.340 e. The zero-order chi connectivity index (χ0) is 19.0. The summed E-state index contributed by atoms with van der Waals surface area (Å²) in [4.78, 5) is 29.6. The molecule has 27 heavy (non-hydrogen) atoms. The summed E-state index contributed by atoms with van der Waals surface area (Å²) in [5.74, 6) is 0.571. The zero-order valence-electron chi connectivity index (χ0n) is 15.3. The van der Waals surface area contributed by atoms with Crippen molar-refractivity contribution in [3.05, 3.63) is 47.3 Å². The third kappa shape index (κ3) is 3.31. The Kier molecular flexibility index (Phi) is 4.63. The molecule has 0 saturated carbocycles. The maximum absolute atomic E-state index is 13.5. The van der Waals surface area contributed by atoms with Crippen molar-refractivity contribution in [1.82, 2.24) is 24.6 Å². The Morgan fingerprint density at radius 3 is 2.67 bits per heavy atom. The second-order valence-electron chi connectivity index (χ2n) is 7.09. The summed E-state index contributed by atoms with van der Waals surface area (Å²) in [7, 11) is 0. The van der Waals surface area contributed by atoms with Crippen LogP contribution in [0.25, 0.3) is 0 Å². The van der Waals surface area contributed by atoms with Gasteiger partial charge in [0.1, 0.15) is 11.6 Å². The first kappa shape index (κ1) is 17.6. The van der Waals surface area contributed by atoms with E-state index < -0.39 is 6.04 Å². The third-order valence-corrected chi connectivity index (χ3v) is 5.30. The van der Waals surface area contributed by atoms with E-state index in [0.717, 1.165) is 18.7 Å². The molecule has 2 aliphatic heterocycles. The highest BCUT2D eigenvalue weighted by Gasteiger charge is 2.41. The van der Waals surface area contributed by atoms with Crippen LogP contribution in [0.5, 0.6) is 0 Å². The molecule has 0 spiro atoms. The SMILES string of the molecule is Cc1nnc2n1CCN(C(=O)Cc1cccc(F)c1)C2C(=O)N1CCCC1. The first-order valence-corrected chi connectivity index (χ1v) is 9.27. The van der Waals surface area contributed by atoms with Crippen molar-refractivity contribution in [3.8, 4) is 0 Å². The van der Waals surface area contributed by atoms with Crippen LogP contribution in [0, 0.1) is 12.7 Å². The Morgan fingerprint density at radius 2 is 1.93 bits per heavy atom. The number of likely N-dealkylation sites (tertiary alicyclic amines) is 1. The number of amides is 2. The molecule has 1 atom stereocenters. The normalized spacial score (nSPS) is 19.3. The molecule has 2 aromatic rings. The molecule has 2 aliphatic rings. The number of aryl methyl sites for hydroxylation is 1. The quantitative estimate of drug-likeness (QED) is 0.819. The van der Waals surface area contributed by atoms with Crippen molar-refractivity contribution in [3.63, 3.8) is 0 Å². The molecule has 0 radical (unpaired) electrons. The number of benzene rings is 1. The van der Waals surface area contributed by atoms with Crippen LogP contribution in [-0.2, 0) is 22.6 Å². The highest BCUT2D eigenvalue weighted by Crippen LogP contribution is 2.29. The lowest BCUT2D eigenvalue weighted by molar-refractivity contribution is -0.147. The van der Waals surface area contributed by atoms with Crippen molar-refractivity contribution in [2.24, 2.45) is 0 Å². The maximum atomic E-state index is 13.5. The molecule has 0 bridgehead atoms. The smallest absolute Gasteiger partial charge is 0.253 e. The van der Waals surface area contributed by atoms with E-state index in [1.165, 1.54) is 12.1 Å². The Morgan fingerprint density at radius 1 is 1.15 bits per heavy atom. The van der Waals surface area contributed by atoms with Gasteiger partial charge in [0, 0.05) is 26.2 Å². The van der Waals surface area contributed by atoms with E-state index in [-0.39, 0.29) is 24.1 Å². The van der Waals surface area contributed by atoms with Crippen molar-refractivity contribution in [1.29, 1.82) is 0 Å². The fraction of sp³-hybridized carbons (Fsp3) is 0.474. The molecule has 1 fully saturated rings. The third-order valence-electron chi connectivity index (χ3n) is 5.30. The van der Waals surface area contributed by atoms with Gasteiger partial charge in [0.2, 0.25) is 5.91 Å². The largest absolute Gasteiger partial charge is 0.340 e. The second kappa shape index (κ2) is 7.09. The number of fused-ring (bicyclic) bond motifs is 1. The predicted octanol–water partition coefficient (Wildman–Crippen LogP) is 1.47. The van der Waals surface area contributed by atoms with Crippen molar-refractivity contribution in [2.75, 3.05) is 19.6 Å². The van der Waals surface area contributed by atoms with Gasteiger partial charge in [-0.2, -0.15) is 0 Å². The first-order chi connectivity index (χ1) is 13.0. The maximum Gasteiger partial charge on any atom is 0.253 e. The van der Waals surface area contributed by atoms with E-state index >= 15 is 0 Å². The number of nitrogens with zero attached hydrogens (tertiary/aromatic N) is 5. The zero-order valence-corrected chi connectivity index (χ0v) is 15.3. The van der Waals surface area contributed by atoms with E-state index in [9.17, 15) is 14.0 Å². The number of rotatable bonds is 3. The van der Waals surface area contributed by atoms with Crippen LogP contribution >= 0.6 is 0 Å². The predicted molar refractivity (Wildman–Crippen MR) is 95.1 cm³/mol. The van der Waals surface area contributed by atoms with Gasteiger partial charge in [-0.3, -0.25) is 9.59 Å². The van der Waals surface area contributed by atoms with Gasteiger partial charge < -0.3 is 14.4 Å². The van der Waals surface area contributed by atoms with E-state index in [4.69, 9.17) is 0 Å². The summed E-state index contributed by atoms with van der Waals surface area (Å²) in [6, 6.07) is 5.24. The molecule has 3 heterocycles. The number of carbonyl (C=O) groups excluding carboxylic acids is 2. The fourth-order valence-electron chi connectivity index (χ4n) is 3.90. The van der Waals surface area contributed by atoms with Gasteiger partial charge in [-0.05, 0) is 37.5 Å². The Hall–Kier alpha value is -2.77. The molecule has 8 heteroatoms. The minimum atomic E-state index is -0.765. The molecule has 1 aromatic heterocycles. The van der Waals surface area contributed by atoms with Crippen LogP contribution < -0.4 is 0 Å². The number of hydrogen-bond acceptors (Lipinski definition) is 4. The molecule has 1 saturated heterocycles. The molecule has 4 rings (SSSR count). The van der Waals surface area contributed by atoms with Crippen molar-refractivity contribution in [2.45, 2.75) is 38.8 Å². The first-order valence-electron chi connectivity index (χ1n) is 9.27. The Labute approximate surface area is 156 Å². The summed E-state index contributed by atoms with van der Waals surface area (Å²) < 4.78 is 15.4. The summed E-state index contributed by atoms with van der Waals surface area (Å²) in [6.45, 7) is 4.21. The van der Waals surface area contributed by atoms with Gasteiger partial charge in [-0.25, -0.2) is 4.39 Å². The topological polar surface area (TPSA) is 71.3 Å². The molecular formula is C19H22FN5O2. The van der Waals surface area contributed by atoms with Gasteiger partial charge in [0.15, 0.2) is 11.9 Å². The van der Waals surface area contributed by atoms with Gasteiger partial charge in [-0.1, -0.05) is 12.1 Å². The minimum absolute atomic E-state index is 0.0503.